The highest BCUT2D eigenvalue weighted by Crippen LogP contribution is 2.30. The summed E-state index contributed by atoms with van der Waals surface area (Å²) in [6.07, 6.45) is 7.60. The molecule has 0 aromatic rings. The van der Waals surface area contributed by atoms with E-state index in [0.29, 0.717) is 17.4 Å². The third kappa shape index (κ3) is 3.78. The van der Waals surface area contributed by atoms with Crippen LogP contribution in [0.5, 0.6) is 0 Å². The van der Waals surface area contributed by atoms with E-state index < -0.39 is 0 Å². The Hall–Kier alpha value is 0.250. The molecule has 0 aromatic heterocycles. The van der Waals surface area contributed by atoms with Crippen molar-refractivity contribution in [2.24, 2.45) is 5.92 Å². The number of hydrogen-bond donors (Lipinski definition) is 0. The zero-order valence-corrected chi connectivity index (χ0v) is 10.2. The van der Waals surface area contributed by atoms with E-state index in [9.17, 15) is 0 Å². The van der Waals surface area contributed by atoms with Crippen LogP contribution in [0.25, 0.3) is 0 Å². The second-order valence-corrected chi connectivity index (χ2v) is 4.93. The van der Waals surface area contributed by atoms with Gasteiger partial charge in [0, 0.05) is 12.0 Å². The summed E-state index contributed by atoms with van der Waals surface area (Å²) in [6, 6.07) is 0. The third-order valence-electron chi connectivity index (χ3n) is 3.09. The Kier molecular flexibility index (Phi) is 5.88. The Morgan fingerprint density at radius 2 is 2.14 bits per heavy atom. The van der Waals surface area contributed by atoms with Crippen molar-refractivity contribution in [3.05, 3.63) is 0 Å². The lowest BCUT2D eigenvalue weighted by molar-refractivity contribution is -0.0145. The molecule has 0 aromatic carbocycles. The maximum atomic E-state index is 6.37. The van der Waals surface area contributed by atoms with E-state index in [-0.39, 0.29) is 0 Å². The topological polar surface area (TPSA) is 9.23 Å². The fourth-order valence-corrected chi connectivity index (χ4v) is 2.72. The van der Waals surface area contributed by atoms with E-state index in [1.54, 1.807) is 0 Å². The Morgan fingerprint density at radius 3 is 2.79 bits per heavy atom. The van der Waals surface area contributed by atoms with Crippen LogP contribution < -0.4 is 0 Å². The largest absolute Gasteiger partial charge is 0.378 e. The lowest BCUT2D eigenvalue weighted by Gasteiger charge is -2.32. The van der Waals surface area contributed by atoms with Crippen LogP contribution in [0.15, 0.2) is 0 Å². The van der Waals surface area contributed by atoms with Crippen molar-refractivity contribution in [1.29, 1.82) is 0 Å². The van der Waals surface area contributed by atoms with Gasteiger partial charge in [0.15, 0.2) is 0 Å². The van der Waals surface area contributed by atoms with Crippen LogP contribution in [-0.4, -0.2) is 18.1 Å². The van der Waals surface area contributed by atoms with Gasteiger partial charge in [-0.25, -0.2) is 0 Å². The summed E-state index contributed by atoms with van der Waals surface area (Å²) in [5.74, 6) is 0.696. The summed E-state index contributed by atoms with van der Waals surface area (Å²) in [5.41, 5.74) is 0. The van der Waals surface area contributed by atoms with Crippen molar-refractivity contribution >= 4 is 11.6 Å². The first-order chi connectivity index (χ1) is 6.77. The number of alkyl halides is 1. The zero-order chi connectivity index (χ0) is 10.4. The standard InChI is InChI=1S/C12H23ClO/c1-3-5-11-9-10(7-8-14-11)12(13)6-4-2/h10-12H,3-9H2,1-2H3. The van der Waals surface area contributed by atoms with Gasteiger partial charge >= 0.3 is 0 Å². The normalized spacial score (nSPS) is 30.2. The molecule has 1 heterocycles. The third-order valence-corrected chi connectivity index (χ3v) is 3.67. The minimum Gasteiger partial charge on any atom is -0.378 e. The van der Waals surface area contributed by atoms with Crippen molar-refractivity contribution in [3.63, 3.8) is 0 Å². The second-order valence-electron chi connectivity index (χ2n) is 4.37. The Balaban J connectivity index is 2.31. The Morgan fingerprint density at radius 1 is 1.36 bits per heavy atom. The smallest absolute Gasteiger partial charge is 0.0578 e. The maximum absolute atomic E-state index is 6.37. The van der Waals surface area contributed by atoms with E-state index in [1.165, 1.54) is 25.7 Å². The molecule has 1 rings (SSSR count). The molecule has 3 atom stereocenters. The van der Waals surface area contributed by atoms with Crippen molar-refractivity contribution < 1.29 is 4.74 Å². The molecule has 1 aliphatic rings. The number of hydrogen-bond acceptors (Lipinski definition) is 1. The second kappa shape index (κ2) is 6.68. The molecular formula is C12H23ClO. The van der Waals surface area contributed by atoms with E-state index in [4.69, 9.17) is 16.3 Å². The minimum absolute atomic E-state index is 0.378. The average Bonchev–Trinajstić information content (AvgIpc) is 2.19. The van der Waals surface area contributed by atoms with Crippen LogP contribution in [-0.2, 0) is 4.74 Å². The molecule has 1 aliphatic heterocycles. The van der Waals surface area contributed by atoms with Crippen molar-refractivity contribution in [1.82, 2.24) is 0 Å². The molecule has 2 heteroatoms. The highest BCUT2D eigenvalue weighted by atomic mass is 35.5. The molecule has 14 heavy (non-hydrogen) atoms. The summed E-state index contributed by atoms with van der Waals surface area (Å²) in [4.78, 5) is 0. The molecule has 0 radical (unpaired) electrons. The first-order valence-corrected chi connectivity index (χ1v) is 6.47. The van der Waals surface area contributed by atoms with Gasteiger partial charge in [-0.3, -0.25) is 0 Å². The van der Waals surface area contributed by atoms with Crippen LogP contribution in [0.1, 0.15) is 52.4 Å². The highest BCUT2D eigenvalue weighted by Gasteiger charge is 2.26. The molecule has 0 amide bonds. The van der Waals surface area contributed by atoms with Gasteiger partial charge in [-0.15, -0.1) is 11.6 Å². The van der Waals surface area contributed by atoms with Gasteiger partial charge in [-0.2, -0.15) is 0 Å². The molecule has 3 unspecified atom stereocenters. The summed E-state index contributed by atoms with van der Waals surface area (Å²) in [7, 11) is 0. The zero-order valence-electron chi connectivity index (χ0n) is 9.47. The van der Waals surface area contributed by atoms with Crippen molar-refractivity contribution in [2.45, 2.75) is 63.9 Å². The van der Waals surface area contributed by atoms with Gasteiger partial charge in [0.25, 0.3) is 0 Å². The van der Waals surface area contributed by atoms with Crippen LogP contribution in [0.2, 0.25) is 0 Å². The van der Waals surface area contributed by atoms with Gasteiger partial charge < -0.3 is 4.74 Å². The van der Waals surface area contributed by atoms with Crippen LogP contribution in [0.3, 0.4) is 0 Å². The predicted molar refractivity (Wildman–Crippen MR) is 61.9 cm³/mol. The lowest BCUT2D eigenvalue weighted by Crippen LogP contribution is -2.30. The van der Waals surface area contributed by atoms with Gasteiger partial charge in [0.05, 0.1) is 6.10 Å². The maximum Gasteiger partial charge on any atom is 0.0578 e. The monoisotopic (exact) mass is 218 g/mol. The summed E-state index contributed by atoms with van der Waals surface area (Å²) in [6.45, 7) is 5.34. The molecule has 1 fully saturated rings. The molecule has 0 N–H and O–H groups in total. The molecule has 0 saturated carbocycles. The average molecular weight is 219 g/mol. The quantitative estimate of drug-likeness (QED) is 0.635. The molecule has 0 spiro atoms. The molecule has 84 valence electrons. The molecular weight excluding hydrogens is 196 g/mol. The molecule has 0 bridgehead atoms. The van der Waals surface area contributed by atoms with E-state index in [0.717, 1.165) is 19.4 Å². The minimum atomic E-state index is 0.378. The summed E-state index contributed by atoms with van der Waals surface area (Å²) < 4.78 is 5.72. The first-order valence-electron chi connectivity index (χ1n) is 6.03. The first kappa shape index (κ1) is 12.3. The molecule has 0 aliphatic carbocycles. The van der Waals surface area contributed by atoms with E-state index in [2.05, 4.69) is 13.8 Å². The Labute approximate surface area is 93.2 Å². The molecule has 1 nitrogen and oxygen atoms in total. The number of halogens is 1. The van der Waals surface area contributed by atoms with E-state index in [1.807, 2.05) is 0 Å². The number of ether oxygens (including phenoxy) is 1. The highest BCUT2D eigenvalue weighted by molar-refractivity contribution is 6.20. The number of rotatable bonds is 5. The lowest BCUT2D eigenvalue weighted by atomic mass is 9.89. The van der Waals surface area contributed by atoms with Crippen molar-refractivity contribution in [3.8, 4) is 0 Å². The van der Waals surface area contributed by atoms with Gasteiger partial charge in [0.2, 0.25) is 0 Å². The SMILES string of the molecule is CCCC1CC(C(Cl)CCC)CCO1. The Bertz CT molecular complexity index is 143. The predicted octanol–water partition coefficient (Wildman–Crippen LogP) is 3.99. The summed E-state index contributed by atoms with van der Waals surface area (Å²) >= 11 is 6.37. The fourth-order valence-electron chi connectivity index (χ4n) is 2.27. The summed E-state index contributed by atoms with van der Waals surface area (Å²) in [5, 5.41) is 0.378. The van der Waals surface area contributed by atoms with E-state index >= 15 is 0 Å². The molecule has 1 saturated heterocycles. The van der Waals surface area contributed by atoms with Crippen LogP contribution in [0.4, 0.5) is 0 Å². The van der Waals surface area contributed by atoms with Gasteiger partial charge in [-0.1, -0.05) is 26.7 Å². The van der Waals surface area contributed by atoms with Crippen LogP contribution >= 0.6 is 11.6 Å². The van der Waals surface area contributed by atoms with Crippen LogP contribution in [0, 0.1) is 5.92 Å². The van der Waals surface area contributed by atoms with Gasteiger partial charge in [0.1, 0.15) is 0 Å². The van der Waals surface area contributed by atoms with Crippen molar-refractivity contribution in [2.75, 3.05) is 6.61 Å². The fraction of sp³-hybridized carbons (Fsp3) is 1.00. The van der Waals surface area contributed by atoms with Gasteiger partial charge in [-0.05, 0) is 31.6 Å².